The lowest BCUT2D eigenvalue weighted by Crippen LogP contribution is -2.22. The smallest absolute Gasteiger partial charge is 0.193 e. The molecule has 0 aliphatic rings. The molecule has 0 saturated carbocycles. The maximum Gasteiger partial charge on any atom is 0.193 e. The van der Waals surface area contributed by atoms with E-state index in [2.05, 4.69) is 46.2 Å². The number of nitrogens with zero attached hydrogens (tertiary/aromatic N) is 1. The Kier molecular flexibility index (Phi) is 5.44. The normalized spacial score (nSPS) is 11.4. The van der Waals surface area contributed by atoms with E-state index in [9.17, 15) is 0 Å². The monoisotopic (exact) mass is 361 g/mol. The SMILES string of the molecule is COc1ccc(Br)cc1CN=C(N)Nc1cc(C)cc(C)c1. The molecule has 0 saturated heterocycles. The van der Waals surface area contributed by atoms with Gasteiger partial charge in [0, 0.05) is 15.7 Å². The quantitative estimate of drug-likeness (QED) is 0.638. The summed E-state index contributed by atoms with van der Waals surface area (Å²) in [5.41, 5.74) is 10.3. The average Bonchev–Trinajstić information content (AvgIpc) is 2.44. The molecule has 5 heteroatoms. The highest BCUT2D eigenvalue weighted by Crippen LogP contribution is 2.23. The van der Waals surface area contributed by atoms with Gasteiger partial charge in [-0.25, -0.2) is 4.99 Å². The average molecular weight is 362 g/mol. The van der Waals surface area contributed by atoms with E-state index in [-0.39, 0.29) is 0 Å². The van der Waals surface area contributed by atoms with Crippen LogP contribution in [0.2, 0.25) is 0 Å². The van der Waals surface area contributed by atoms with Crippen molar-refractivity contribution in [3.05, 3.63) is 57.6 Å². The number of halogens is 1. The zero-order valence-electron chi connectivity index (χ0n) is 13.0. The van der Waals surface area contributed by atoms with E-state index >= 15 is 0 Å². The van der Waals surface area contributed by atoms with Gasteiger partial charge in [0.25, 0.3) is 0 Å². The molecule has 2 aromatic carbocycles. The number of guanidine groups is 1. The van der Waals surface area contributed by atoms with Gasteiger partial charge in [-0.1, -0.05) is 22.0 Å². The second-order valence-corrected chi connectivity index (χ2v) is 6.07. The fourth-order valence-electron chi connectivity index (χ4n) is 2.28. The molecule has 0 aliphatic carbocycles. The number of hydrogen-bond donors (Lipinski definition) is 2. The van der Waals surface area contributed by atoms with Gasteiger partial charge in [-0.05, 0) is 55.3 Å². The summed E-state index contributed by atoms with van der Waals surface area (Å²) in [4.78, 5) is 4.38. The summed E-state index contributed by atoms with van der Waals surface area (Å²) in [5.74, 6) is 1.18. The highest BCUT2D eigenvalue weighted by Gasteiger charge is 2.04. The van der Waals surface area contributed by atoms with E-state index in [0.29, 0.717) is 12.5 Å². The predicted octanol–water partition coefficient (Wildman–Crippen LogP) is 4.00. The molecule has 116 valence electrons. The van der Waals surface area contributed by atoms with Crippen LogP contribution in [0.4, 0.5) is 5.69 Å². The second kappa shape index (κ2) is 7.31. The maximum atomic E-state index is 5.97. The molecule has 0 heterocycles. The second-order valence-electron chi connectivity index (χ2n) is 5.16. The van der Waals surface area contributed by atoms with Crippen molar-refractivity contribution in [3.8, 4) is 5.75 Å². The van der Waals surface area contributed by atoms with Crippen molar-refractivity contribution in [2.75, 3.05) is 12.4 Å². The fourth-order valence-corrected chi connectivity index (χ4v) is 2.68. The van der Waals surface area contributed by atoms with Gasteiger partial charge in [0.15, 0.2) is 5.96 Å². The standard InChI is InChI=1S/C17H20BrN3O/c1-11-6-12(2)8-15(7-11)21-17(19)20-10-13-9-14(18)4-5-16(13)22-3/h4-9H,10H2,1-3H3,(H3,19,20,21). The third kappa shape index (κ3) is 4.49. The molecule has 0 atom stereocenters. The molecular weight excluding hydrogens is 342 g/mol. The Hall–Kier alpha value is -2.01. The highest BCUT2D eigenvalue weighted by molar-refractivity contribution is 9.10. The molecule has 0 aliphatic heterocycles. The Morgan fingerprint density at radius 3 is 2.50 bits per heavy atom. The molecule has 0 unspecified atom stereocenters. The summed E-state index contributed by atoms with van der Waals surface area (Å²) < 4.78 is 6.32. The number of rotatable bonds is 4. The van der Waals surface area contributed by atoms with Crippen LogP contribution in [0.5, 0.6) is 5.75 Å². The molecule has 0 fully saturated rings. The molecule has 22 heavy (non-hydrogen) atoms. The zero-order valence-corrected chi connectivity index (χ0v) is 14.6. The van der Waals surface area contributed by atoms with Crippen LogP contribution < -0.4 is 15.8 Å². The summed E-state index contributed by atoms with van der Waals surface area (Å²) >= 11 is 3.45. The zero-order chi connectivity index (χ0) is 16.1. The van der Waals surface area contributed by atoms with Gasteiger partial charge in [0.1, 0.15) is 5.75 Å². The molecule has 2 rings (SSSR count). The van der Waals surface area contributed by atoms with Crippen molar-refractivity contribution in [1.29, 1.82) is 0 Å². The van der Waals surface area contributed by atoms with Gasteiger partial charge in [0.2, 0.25) is 0 Å². The van der Waals surface area contributed by atoms with Gasteiger partial charge >= 0.3 is 0 Å². The molecule has 2 aromatic rings. The Balaban J connectivity index is 2.11. The summed E-state index contributed by atoms with van der Waals surface area (Å²) in [6, 6.07) is 12.0. The molecule has 0 amide bonds. The van der Waals surface area contributed by atoms with Gasteiger partial charge < -0.3 is 15.8 Å². The molecular formula is C17H20BrN3O. The van der Waals surface area contributed by atoms with Crippen LogP contribution in [0.15, 0.2) is 45.9 Å². The van der Waals surface area contributed by atoms with Crippen LogP contribution in [-0.4, -0.2) is 13.1 Å². The number of aliphatic imine (C=N–C) groups is 1. The number of anilines is 1. The van der Waals surface area contributed by atoms with E-state index in [1.165, 1.54) is 11.1 Å². The number of ether oxygens (including phenoxy) is 1. The van der Waals surface area contributed by atoms with Crippen molar-refractivity contribution < 1.29 is 4.74 Å². The number of benzene rings is 2. The Bertz CT molecular complexity index is 678. The van der Waals surface area contributed by atoms with E-state index in [1.54, 1.807) is 7.11 Å². The van der Waals surface area contributed by atoms with Crippen molar-refractivity contribution in [1.82, 2.24) is 0 Å². The van der Waals surface area contributed by atoms with Crippen LogP contribution in [0, 0.1) is 13.8 Å². The van der Waals surface area contributed by atoms with Crippen LogP contribution in [-0.2, 0) is 6.54 Å². The summed E-state index contributed by atoms with van der Waals surface area (Å²) in [7, 11) is 1.65. The largest absolute Gasteiger partial charge is 0.496 e. The first-order valence-corrected chi connectivity index (χ1v) is 7.75. The minimum Gasteiger partial charge on any atom is -0.496 e. The first kappa shape index (κ1) is 16.4. The first-order valence-electron chi connectivity index (χ1n) is 6.95. The van der Waals surface area contributed by atoms with Crippen molar-refractivity contribution in [2.45, 2.75) is 20.4 Å². The van der Waals surface area contributed by atoms with E-state index < -0.39 is 0 Å². The first-order chi connectivity index (χ1) is 10.5. The third-order valence-corrected chi connectivity index (χ3v) is 3.65. The molecule has 0 bridgehead atoms. The molecule has 3 N–H and O–H groups in total. The summed E-state index contributed by atoms with van der Waals surface area (Å²) in [6.07, 6.45) is 0. The van der Waals surface area contributed by atoms with Gasteiger partial charge in [-0.15, -0.1) is 0 Å². The van der Waals surface area contributed by atoms with Gasteiger partial charge in [-0.3, -0.25) is 0 Å². The van der Waals surface area contributed by atoms with E-state index in [0.717, 1.165) is 21.5 Å². The molecule has 0 aromatic heterocycles. The van der Waals surface area contributed by atoms with Crippen molar-refractivity contribution in [2.24, 2.45) is 10.7 Å². The summed E-state index contributed by atoms with van der Waals surface area (Å²) in [5, 5.41) is 3.12. The molecule has 0 radical (unpaired) electrons. The topological polar surface area (TPSA) is 59.6 Å². The van der Waals surface area contributed by atoms with Crippen LogP contribution in [0.1, 0.15) is 16.7 Å². The third-order valence-electron chi connectivity index (χ3n) is 3.16. The highest BCUT2D eigenvalue weighted by atomic mass is 79.9. The number of nitrogens with two attached hydrogens (primary N) is 1. The number of aryl methyl sites for hydroxylation is 2. The Morgan fingerprint density at radius 1 is 1.18 bits per heavy atom. The minimum absolute atomic E-state index is 0.382. The Labute approximate surface area is 139 Å². The van der Waals surface area contributed by atoms with Crippen LogP contribution >= 0.6 is 15.9 Å². The lowest BCUT2D eigenvalue weighted by atomic mass is 10.1. The number of nitrogens with one attached hydrogen (secondary N) is 1. The lowest BCUT2D eigenvalue weighted by Gasteiger charge is -2.09. The van der Waals surface area contributed by atoms with Gasteiger partial charge in [0.05, 0.1) is 13.7 Å². The lowest BCUT2D eigenvalue weighted by molar-refractivity contribution is 0.410. The number of methoxy groups -OCH3 is 1. The van der Waals surface area contributed by atoms with Crippen LogP contribution in [0.3, 0.4) is 0 Å². The van der Waals surface area contributed by atoms with Crippen molar-refractivity contribution in [3.63, 3.8) is 0 Å². The van der Waals surface area contributed by atoms with Gasteiger partial charge in [-0.2, -0.15) is 0 Å². The van der Waals surface area contributed by atoms with Crippen molar-refractivity contribution >= 4 is 27.6 Å². The summed E-state index contributed by atoms with van der Waals surface area (Å²) in [6.45, 7) is 4.56. The van der Waals surface area contributed by atoms with Crippen LogP contribution in [0.25, 0.3) is 0 Å². The van der Waals surface area contributed by atoms with E-state index in [1.807, 2.05) is 30.3 Å². The molecule has 4 nitrogen and oxygen atoms in total. The number of hydrogen-bond acceptors (Lipinski definition) is 2. The fraction of sp³-hybridized carbons (Fsp3) is 0.235. The predicted molar refractivity (Wildman–Crippen MR) is 95.6 cm³/mol. The van der Waals surface area contributed by atoms with E-state index in [4.69, 9.17) is 10.5 Å². The Morgan fingerprint density at radius 2 is 1.86 bits per heavy atom. The minimum atomic E-state index is 0.382. The maximum absolute atomic E-state index is 5.97. The molecule has 0 spiro atoms.